The van der Waals surface area contributed by atoms with E-state index in [0.717, 1.165) is 11.6 Å². The Hall–Kier alpha value is -4.81. The van der Waals surface area contributed by atoms with E-state index in [2.05, 4.69) is 15.0 Å². The molecule has 0 N–H and O–H groups in total. The summed E-state index contributed by atoms with van der Waals surface area (Å²) in [5.74, 6) is -1.47. The first-order valence-corrected chi connectivity index (χ1v) is 15.7. The number of ether oxygens (including phenoxy) is 2. The van der Waals surface area contributed by atoms with Crippen molar-refractivity contribution in [3.8, 4) is 17.1 Å². The molecule has 232 valence electrons. The Morgan fingerprint density at radius 3 is 2.44 bits per heavy atom. The van der Waals surface area contributed by atoms with Gasteiger partial charge in [-0.25, -0.2) is 32.2 Å². The monoisotopic (exact) mass is 632 g/mol. The highest BCUT2D eigenvalue weighted by molar-refractivity contribution is 7.91. The van der Waals surface area contributed by atoms with Gasteiger partial charge in [-0.15, -0.1) is 0 Å². The Morgan fingerprint density at radius 1 is 0.933 bits per heavy atom. The van der Waals surface area contributed by atoms with Gasteiger partial charge in [0.1, 0.15) is 5.82 Å². The second-order valence-electron chi connectivity index (χ2n) is 10.3. The predicted molar refractivity (Wildman–Crippen MR) is 163 cm³/mol. The van der Waals surface area contributed by atoms with E-state index in [0.29, 0.717) is 22.7 Å². The average molecular weight is 633 g/mol. The van der Waals surface area contributed by atoms with Gasteiger partial charge < -0.3 is 14.0 Å². The summed E-state index contributed by atoms with van der Waals surface area (Å²) in [6, 6.07) is 21.1. The third-order valence-corrected chi connectivity index (χ3v) is 8.54. The molecule has 1 unspecified atom stereocenters. The van der Waals surface area contributed by atoms with Crippen molar-refractivity contribution in [2.24, 2.45) is 0 Å². The van der Waals surface area contributed by atoms with Gasteiger partial charge in [0, 0.05) is 35.3 Å². The Balaban J connectivity index is 1.40. The van der Waals surface area contributed by atoms with Crippen LogP contribution in [0.5, 0.6) is 5.88 Å². The highest BCUT2D eigenvalue weighted by Crippen LogP contribution is 2.26. The van der Waals surface area contributed by atoms with Crippen molar-refractivity contribution in [3.63, 3.8) is 0 Å². The van der Waals surface area contributed by atoms with Crippen molar-refractivity contribution >= 4 is 9.84 Å². The molecule has 45 heavy (non-hydrogen) atoms. The minimum atomic E-state index is -4.05. The molecule has 0 aliphatic carbocycles. The van der Waals surface area contributed by atoms with Crippen LogP contribution in [0, 0.1) is 18.6 Å². The first-order chi connectivity index (χ1) is 21.6. The minimum absolute atomic E-state index is 0.0193. The standard InChI is InChI=1S/C33H30F2N4O5S/c1-22-16-29(26-18-28(35)32(40)39(20-26)19-23-12-14-36-31(17-23)43-2)38-33(37-22)45(41,42)15-13-30(24-8-4-3-5-9-24)44-21-25-10-6-7-11-27(25)34/h3-12,14,16-18,20,30H,13,15,19,21H2,1-2H3. The molecule has 3 heterocycles. The number of hydrogen-bond donors (Lipinski definition) is 0. The van der Waals surface area contributed by atoms with Crippen molar-refractivity contribution in [3.05, 3.63) is 136 Å². The number of aromatic nitrogens is 4. The highest BCUT2D eigenvalue weighted by atomic mass is 32.2. The fourth-order valence-corrected chi connectivity index (χ4v) is 5.94. The molecule has 0 spiro atoms. The van der Waals surface area contributed by atoms with Crippen molar-refractivity contribution in [2.75, 3.05) is 12.9 Å². The Labute approximate surface area is 259 Å². The van der Waals surface area contributed by atoms with Crippen molar-refractivity contribution in [1.29, 1.82) is 0 Å². The zero-order valence-corrected chi connectivity index (χ0v) is 25.4. The number of aryl methyl sites for hydroxylation is 1. The van der Waals surface area contributed by atoms with E-state index in [9.17, 15) is 22.0 Å². The highest BCUT2D eigenvalue weighted by Gasteiger charge is 2.24. The zero-order chi connectivity index (χ0) is 32.0. The third kappa shape index (κ3) is 7.83. The van der Waals surface area contributed by atoms with Crippen LogP contribution in [0.15, 0.2) is 101 Å². The maximum absolute atomic E-state index is 14.8. The van der Waals surface area contributed by atoms with E-state index in [1.54, 1.807) is 37.3 Å². The zero-order valence-electron chi connectivity index (χ0n) is 24.6. The Kier molecular flexibility index (Phi) is 9.74. The molecule has 5 aromatic rings. The summed E-state index contributed by atoms with van der Waals surface area (Å²) in [5.41, 5.74) is 1.56. The molecule has 0 bridgehead atoms. The SMILES string of the molecule is COc1cc(Cn2cc(-c3cc(C)nc(S(=O)(=O)CCC(OCc4ccccc4F)c4ccccc4)n3)cc(F)c2=O)ccn1. The lowest BCUT2D eigenvalue weighted by atomic mass is 10.1. The lowest BCUT2D eigenvalue weighted by molar-refractivity contribution is 0.0361. The smallest absolute Gasteiger partial charge is 0.286 e. The van der Waals surface area contributed by atoms with Crippen LogP contribution in [-0.2, 0) is 27.7 Å². The van der Waals surface area contributed by atoms with Gasteiger partial charge in [0.2, 0.25) is 20.9 Å². The summed E-state index contributed by atoms with van der Waals surface area (Å²) in [6.07, 6.45) is 2.31. The molecular formula is C33H30F2N4O5S. The van der Waals surface area contributed by atoms with Crippen LogP contribution in [0.3, 0.4) is 0 Å². The number of benzene rings is 2. The van der Waals surface area contributed by atoms with Gasteiger partial charge in [0.05, 0.1) is 37.8 Å². The topological polar surface area (TPSA) is 113 Å². The molecule has 0 aliphatic heterocycles. The fraction of sp³-hybridized carbons (Fsp3) is 0.212. The summed E-state index contributed by atoms with van der Waals surface area (Å²) in [4.78, 5) is 25.1. The van der Waals surface area contributed by atoms with Crippen molar-refractivity contribution in [2.45, 2.75) is 37.8 Å². The Bertz CT molecular complexity index is 1970. The number of sulfone groups is 1. The van der Waals surface area contributed by atoms with Gasteiger partial charge in [0.25, 0.3) is 5.56 Å². The second-order valence-corrected chi connectivity index (χ2v) is 12.3. The van der Waals surface area contributed by atoms with Crippen LogP contribution in [0.25, 0.3) is 11.3 Å². The van der Waals surface area contributed by atoms with Crippen LogP contribution >= 0.6 is 0 Å². The molecule has 12 heteroatoms. The van der Waals surface area contributed by atoms with E-state index in [-0.39, 0.29) is 36.6 Å². The lowest BCUT2D eigenvalue weighted by Crippen LogP contribution is -2.23. The number of rotatable bonds is 12. The van der Waals surface area contributed by atoms with Gasteiger partial charge in [-0.05, 0) is 48.7 Å². The summed E-state index contributed by atoms with van der Waals surface area (Å²) in [5, 5.41) is -0.435. The van der Waals surface area contributed by atoms with E-state index < -0.39 is 38.3 Å². The number of nitrogens with zero attached hydrogens (tertiary/aromatic N) is 4. The number of methoxy groups -OCH3 is 1. The van der Waals surface area contributed by atoms with Crippen molar-refractivity contribution in [1.82, 2.24) is 19.5 Å². The first kappa shape index (κ1) is 31.6. The normalized spacial score (nSPS) is 12.2. The molecule has 0 saturated carbocycles. The molecule has 5 rings (SSSR count). The van der Waals surface area contributed by atoms with E-state index in [1.807, 2.05) is 30.3 Å². The van der Waals surface area contributed by atoms with Gasteiger partial charge in [0.15, 0.2) is 5.82 Å². The molecule has 1 atom stereocenters. The largest absolute Gasteiger partial charge is 0.481 e. The van der Waals surface area contributed by atoms with Crippen LogP contribution in [0.1, 0.15) is 34.9 Å². The second kappa shape index (κ2) is 13.9. The maximum Gasteiger partial charge on any atom is 0.286 e. The molecule has 0 fully saturated rings. The van der Waals surface area contributed by atoms with E-state index in [1.165, 1.54) is 36.2 Å². The summed E-state index contributed by atoms with van der Waals surface area (Å²) in [7, 11) is -2.59. The van der Waals surface area contributed by atoms with Crippen LogP contribution < -0.4 is 10.3 Å². The van der Waals surface area contributed by atoms with Crippen LogP contribution in [0.2, 0.25) is 0 Å². The lowest BCUT2D eigenvalue weighted by Gasteiger charge is -2.19. The average Bonchev–Trinajstić information content (AvgIpc) is 3.04. The van der Waals surface area contributed by atoms with Crippen LogP contribution in [-0.4, -0.2) is 40.8 Å². The predicted octanol–water partition coefficient (Wildman–Crippen LogP) is 5.47. The summed E-state index contributed by atoms with van der Waals surface area (Å²) >= 11 is 0. The van der Waals surface area contributed by atoms with E-state index >= 15 is 0 Å². The molecule has 2 aromatic carbocycles. The number of hydrogen-bond acceptors (Lipinski definition) is 8. The maximum atomic E-state index is 14.8. The molecule has 0 saturated heterocycles. The van der Waals surface area contributed by atoms with E-state index in [4.69, 9.17) is 9.47 Å². The molecule has 0 radical (unpaired) electrons. The van der Waals surface area contributed by atoms with Gasteiger partial charge in [-0.1, -0.05) is 48.5 Å². The minimum Gasteiger partial charge on any atom is -0.481 e. The van der Waals surface area contributed by atoms with Gasteiger partial charge in [-0.2, -0.15) is 0 Å². The number of pyridine rings is 2. The van der Waals surface area contributed by atoms with Crippen molar-refractivity contribution < 1.29 is 26.7 Å². The quantitative estimate of drug-likeness (QED) is 0.167. The fourth-order valence-electron chi connectivity index (χ4n) is 4.72. The number of halogens is 2. The van der Waals surface area contributed by atoms with Gasteiger partial charge >= 0.3 is 0 Å². The molecular weight excluding hydrogens is 602 g/mol. The summed E-state index contributed by atoms with van der Waals surface area (Å²) in [6.45, 7) is 1.57. The molecule has 9 nitrogen and oxygen atoms in total. The third-order valence-electron chi connectivity index (χ3n) is 7.03. The molecule has 0 amide bonds. The molecule has 3 aromatic heterocycles. The van der Waals surface area contributed by atoms with Gasteiger partial charge in [-0.3, -0.25) is 4.79 Å². The molecule has 0 aliphatic rings. The Morgan fingerprint density at radius 2 is 1.69 bits per heavy atom. The van der Waals surface area contributed by atoms with Crippen LogP contribution in [0.4, 0.5) is 8.78 Å². The first-order valence-electron chi connectivity index (χ1n) is 14.0. The summed E-state index contributed by atoms with van der Waals surface area (Å²) < 4.78 is 68.4.